The van der Waals surface area contributed by atoms with E-state index in [-0.39, 0.29) is 34.2 Å². The topological polar surface area (TPSA) is 137 Å². The van der Waals surface area contributed by atoms with Crippen molar-refractivity contribution in [3.63, 3.8) is 0 Å². The summed E-state index contributed by atoms with van der Waals surface area (Å²) >= 11 is 0. The Labute approximate surface area is 233 Å². The number of amides is 1. The summed E-state index contributed by atoms with van der Waals surface area (Å²) in [7, 11) is -4.33. The maximum Gasteiger partial charge on any atom is 0.281 e. The standard InChI is InChI=1S/C28H34FN5O5S/c1-17(2)16-38-21-14-19(13-20(29)15-21)23-10-9-22(26(31-23)34-11-12-39-28(4,5)18(34)3)27(35)33-40(36,37)25-8-6-7-24(30)32-25/h6-10,13-15,17-18H,11-12,16H2,1-5H3,(H2,30,32)(H,33,35). The van der Waals surface area contributed by atoms with Crippen LogP contribution in [0, 0.1) is 11.7 Å². The summed E-state index contributed by atoms with van der Waals surface area (Å²) < 4.78 is 54.2. The number of benzene rings is 1. The summed E-state index contributed by atoms with van der Waals surface area (Å²) in [5.74, 6) is -0.547. The number of nitrogen functional groups attached to an aromatic ring is 1. The van der Waals surface area contributed by atoms with Gasteiger partial charge in [-0.25, -0.2) is 19.1 Å². The Balaban J connectivity index is 1.77. The summed E-state index contributed by atoms with van der Waals surface area (Å²) in [5.41, 5.74) is 5.90. The molecule has 1 amide bonds. The summed E-state index contributed by atoms with van der Waals surface area (Å²) in [6.45, 7) is 10.9. The number of carbonyl (C=O) groups excluding carboxylic acids is 1. The number of rotatable bonds is 8. The third kappa shape index (κ3) is 6.50. The lowest BCUT2D eigenvalue weighted by Crippen LogP contribution is -2.56. The van der Waals surface area contributed by atoms with Gasteiger partial charge in [0.1, 0.15) is 23.2 Å². The van der Waals surface area contributed by atoms with Crippen molar-refractivity contribution < 1.29 is 27.1 Å². The Kier molecular flexibility index (Phi) is 8.31. The van der Waals surface area contributed by atoms with Gasteiger partial charge in [-0.2, -0.15) is 8.42 Å². The second kappa shape index (κ2) is 11.4. The van der Waals surface area contributed by atoms with Gasteiger partial charge >= 0.3 is 0 Å². The van der Waals surface area contributed by atoms with Crippen LogP contribution >= 0.6 is 0 Å². The largest absolute Gasteiger partial charge is 0.493 e. The number of nitrogens with one attached hydrogen (secondary N) is 1. The van der Waals surface area contributed by atoms with E-state index in [9.17, 15) is 17.6 Å². The normalized spacial score (nSPS) is 17.1. The molecule has 0 saturated carbocycles. The lowest BCUT2D eigenvalue weighted by molar-refractivity contribution is -0.0532. The molecule has 4 rings (SSSR count). The summed E-state index contributed by atoms with van der Waals surface area (Å²) in [5, 5.41) is -0.387. The van der Waals surface area contributed by atoms with Gasteiger partial charge in [-0.05, 0) is 63.1 Å². The molecular formula is C28H34FN5O5S. The molecule has 0 bridgehead atoms. The lowest BCUT2D eigenvalue weighted by atomic mass is 9.96. The monoisotopic (exact) mass is 571 g/mol. The molecule has 40 heavy (non-hydrogen) atoms. The van der Waals surface area contributed by atoms with Crippen molar-refractivity contribution in [3.8, 4) is 17.0 Å². The molecule has 10 nitrogen and oxygen atoms in total. The summed E-state index contributed by atoms with van der Waals surface area (Å²) in [6.07, 6.45) is 0. The highest BCUT2D eigenvalue weighted by atomic mass is 32.2. The predicted molar refractivity (Wildman–Crippen MR) is 150 cm³/mol. The van der Waals surface area contributed by atoms with E-state index >= 15 is 0 Å². The van der Waals surface area contributed by atoms with Crippen LogP contribution in [0.5, 0.6) is 5.75 Å². The van der Waals surface area contributed by atoms with E-state index < -0.39 is 27.3 Å². The average Bonchev–Trinajstić information content (AvgIpc) is 2.88. The maximum atomic E-state index is 14.6. The van der Waals surface area contributed by atoms with E-state index in [1.807, 2.05) is 39.5 Å². The highest BCUT2D eigenvalue weighted by molar-refractivity contribution is 7.90. The van der Waals surface area contributed by atoms with Crippen LogP contribution in [-0.4, -0.2) is 55.7 Å². The Bertz CT molecular complexity index is 1510. The van der Waals surface area contributed by atoms with E-state index in [2.05, 4.69) is 9.71 Å². The molecule has 214 valence electrons. The molecule has 3 heterocycles. The van der Waals surface area contributed by atoms with E-state index in [4.69, 9.17) is 20.2 Å². The predicted octanol–water partition coefficient (Wildman–Crippen LogP) is 4.02. The second-order valence-electron chi connectivity index (χ2n) is 10.6. The number of aromatic nitrogens is 2. The quantitative estimate of drug-likeness (QED) is 0.411. The molecule has 1 aliphatic rings. The molecule has 0 aliphatic carbocycles. The Hall–Kier alpha value is -3.77. The third-order valence-electron chi connectivity index (χ3n) is 6.67. The molecule has 1 atom stereocenters. The zero-order chi connectivity index (χ0) is 29.2. The average molecular weight is 572 g/mol. The van der Waals surface area contributed by atoms with Crippen LogP contribution in [0.15, 0.2) is 53.6 Å². The maximum absolute atomic E-state index is 14.6. The molecule has 0 spiro atoms. The molecule has 3 aromatic rings. The molecule has 0 radical (unpaired) electrons. The molecule has 1 aliphatic heterocycles. The first kappa shape index (κ1) is 29.2. The van der Waals surface area contributed by atoms with E-state index in [0.29, 0.717) is 36.8 Å². The SMILES string of the molecule is CC(C)COc1cc(F)cc(-c2ccc(C(=O)NS(=O)(=O)c3cccc(N)n3)c(N3CCOC(C)(C)C3C)n2)c1. The molecule has 1 aromatic carbocycles. The number of halogens is 1. The number of ether oxygens (including phenoxy) is 2. The van der Waals surface area contributed by atoms with Gasteiger partial charge in [0.05, 0.1) is 36.1 Å². The van der Waals surface area contributed by atoms with Crippen molar-refractivity contribution in [2.24, 2.45) is 5.92 Å². The van der Waals surface area contributed by atoms with Crippen LogP contribution in [-0.2, 0) is 14.8 Å². The smallest absolute Gasteiger partial charge is 0.281 e. The highest BCUT2D eigenvalue weighted by Crippen LogP contribution is 2.33. The fraction of sp³-hybridized carbons (Fsp3) is 0.393. The minimum Gasteiger partial charge on any atom is -0.493 e. The zero-order valence-corrected chi connectivity index (χ0v) is 24.0. The number of anilines is 2. The van der Waals surface area contributed by atoms with Gasteiger partial charge in [0, 0.05) is 18.2 Å². The molecule has 1 saturated heterocycles. The van der Waals surface area contributed by atoms with Crippen LogP contribution in [0.3, 0.4) is 0 Å². The number of hydrogen-bond acceptors (Lipinski definition) is 9. The van der Waals surface area contributed by atoms with Gasteiger partial charge in [0.25, 0.3) is 15.9 Å². The van der Waals surface area contributed by atoms with Gasteiger partial charge in [-0.1, -0.05) is 19.9 Å². The number of carbonyl (C=O) groups is 1. The molecule has 1 unspecified atom stereocenters. The fourth-order valence-electron chi connectivity index (χ4n) is 4.26. The Morgan fingerprint density at radius 2 is 1.98 bits per heavy atom. The Morgan fingerprint density at radius 1 is 1.23 bits per heavy atom. The first-order chi connectivity index (χ1) is 18.8. The lowest BCUT2D eigenvalue weighted by Gasteiger charge is -2.45. The third-order valence-corrected chi connectivity index (χ3v) is 7.90. The molecule has 1 fully saturated rings. The van der Waals surface area contributed by atoms with Gasteiger partial charge in [-0.15, -0.1) is 0 Å². The van der Waals surface area contributed by atoms with Crippen molar-refractivity contribution in [2.75, 3.05) is 30.4 Å². The van der Waals surface area contributed by atoms with Crippen molar-refractivity contribution in [3.05, 3.63) is 59.9 Å². The van der Waals surface area contributed by atoms with Crippen LogP contribution in [0.2, 0.25) is 0 Å². The van der Waals surface area contributed by atoms with Crippen molar-refractivity contribution in [1.29, 1.82) is 0 Å². The highest BCUT2D eigenvalue weighted by Gasteiger charge is 2.38. The van der Waals surface area contributed by atoms with Gasteiger partial charge < -0.3 is 20.1 Å². The van der Waals surface area contributed by atoms with Crippen molar-refractivity contribution >= 4 is 27.6 Å². The Morgan fingerprint density at radius 3 is 2.67 bits per heavy atom. The van der Waals surface area contributed by atoms with E-state index in [1.165, 1.54) is 36.4 Å². The van der Waals surface area contributed by atoms with E-state index in [1.54, 1.807) is 12.1 Å². The van der Waals surface area contributed by atoms with Crippen LogP contribution in [0.1, 0.15) is 45.0 Å². The number of sulfonamides is 1. The number of morpholine rings is 1. The van der Waals surface area contributed by atoms with E-state index in [0.717, 1.165) is 0 Å². The van der Waals surface area contributed by atoms with Gasteiger partial charge in [0.2, 0.25) is 0 Å². The number of nitrogens with zero attached hydrogens (tertiary/aromatic N) is 3. The first-order valence-electron chi connectivity index (χ1n) is 12.9. The molecule has 2 aromatic heterocycles. The number of hydrogen-bond donors (Lipinski definition) is 2. The van der Waals surface area contributed by atoms with Crippen LogP contribution in [0.4, 0.5) is 16.0 Å². The van der Waals surface area contributed by atoms with Crippen LogP contribution < -0.4 is 20.1 Å². The number of nitrogens with two attached hydrogens (primary N) is 1. The van der Waals surface area contributed by atoms with Crippen molar-refractivity contribution in [2.45, 2.75) is 51.3 Å². The summed E-state index contributed by atoms with van der Waals surface area (Å²) in [6, 6.07) is 11.2. The summed E-state index contributed by atoms with van der Waals surface area (Å²) in [4.78, 5) is 23.9. The van der Waals surface area contributed by atoms with Crippen molar-refractivity contribution in [1.82, 2.24) is 14.7 Å². The van der Waals surface area contributed by atoms with Gasteiger partial charge in [0.15, 0.2) is 5.03 Å². The second-order valence-corrected chi connectivity index (χ2v) is 12.2. The zero-order valence-electron chi connectivity index (χ0n) is 23.1. The number of pyridine rings is 2. The minimum absolute atomic E-state index is 0.00163. The first-order valence-corrected chi connectivity index (χ1v) is 14.4. The van der Waals surface area contributed by atoms with Gasteiger partial charge in [-0.3, -0.25) is 4.79 Å². The molecular weight excluding hydrogens is 537 g/mol. The van der Waals surface area contributed by atoms with Crippen LogP contribution in [0.25, 0.3) is 11.3 Å². The molecule has 12 heteroatoms. The minimum atomic E-state index is -4.33. The fourth-order valence-corrected chi connectivity index (χ4v) is 5.20. The molecule has 3 N–H and O–H groups in total.